The number of methoxy groups -OCH3 is 2. The summed E-state index contributed by atoms with van der Waals surface area (Å²) >= 11 is 0. The molecule has 0 spiro atoms. The van der Waals surface area contributed by atoms with Crippen molar-refractivity contribution < 1.29 is 23.7 Å². The molecule has 0 atom stereocenters. The van der Waals surface area contributed by atoms with Crippen LogP contribution >= 0.6 is 0 Å². The molecule has 15 heteroatoms. The Labute approximate surface area is 460 Å². The first-order chi connectivity index (χ1) is 38.6. The number of aryl methyl sites for hydroxylation is 2. The second-order valence-electron chi connectivity index (χ2n) is 18.2. The van der Waals surface area contributed by atoms with Crippen LogP contribution in [0.1, 0.15) is 43.0 Å². The van der Waals surface area contributed by atoms with Gasteiger partial charge in [-0.2, -0.15) is 0 Å². The minimum atomic E-state index is -0.243. The van der Waals surface area contributed by atoms with Gasteiger partial charge in [-0.3, -0.25) is 4.79 Å². The van der Waals surface area contributed by atoms with Gasteiger partial charge in [0.15, 0.2) is 0 Å². The molecule has 0 saturated heterocycles. The molecular formula is C64H60N10O5. The SMILES string of the molecule is CC#CC(=O)N(CC)c1cccc(Nc2ncc3cc(-c4c(C)ccnc4OCc4ccc(OC)cc4)ccc3n2)c1.CCNc1cccc(Nc2ncc3cc(-c4c(C)ccnc4OCc4ccc(OC)cc4)ccc3n2)c1. The van der Waals surface area contributed by atoms with E-state index in [1.807, 2.05) is 154 Å². The predicted octanol–water partition coefficient (Wildman–Crippen LogP) is 13.5. The molecule has 0 aliphatic heterocycles. The molecule has 79 heavy (non-hydrogen) atoms. The second-order valence-corrected chi connectivity index (χ2v) is 18.2. The maximum Gasteiger partial charge on any atom is 0.302 e. The number of pyridine rings is 2. The van der Waals surface area contributed by atoms with E-state index in [1.54, 1.807) is 44.6 Å². The third kappa shape index (κ3) is 13.5. The Kier molecular flexibility index (Phi) is 17.4. The molecule has 6 aromatic carbocycles. The van der Waals surface area contributed by atoms with Gasteiger partial charge in [-0.1, -0.05) is 54.5 Å². The van der Waals surface area contributed by atoms with Gasteiger partial charge in [-0.25, -0.2) is 29.9 Å². The molecule has 10 rings (SSSR count). The Balaban J connectivity index is 0.000000193. The van der Waals surface area contributed by atoms with Crippen LogP contribution in [-0.4, -0.2) is 63.1 Å². The van der Waals surface area contributed by atoms with Crippen LogP contribution in [0.25, 0.3) is 44.1 Å². The lowest BCUT2D eigenvalue weighted by atomic mass is 10.0. The third-order valence-corrected chi connectivity index (χ3v) is 12.8. The number of carbonyl (C=O) groups is 1. The number of fused-ring (bicyclic) bond motifs is 2. The van der Waals surface area contributed by atoms with E-state index in [0.717, 1.165) is 107 Å². The summed E-state index contributed by atoms with van der Waals surface area (Å²) in [5, 5.41) is 11.7. The number of nitrogens with one attached hydrogen (secondary N) is 3. The fourth-order valence-corrected chi connectivity index (χ4v) is 8.77. The Morgan fingerprint density at radius 3 is 1.54 bits per heavy atom. The van der Waals surface area contributed by atoms with Crippen LogP contribution in [-0.2, 0) is 18.0 Å². The van der Waals surface area contributed by atoms with Crippen molar-refractivity contribution in [3.63, 3.8) is 0 Å². The maximum absolute atomic E-state index is 12.4. The van der Waals surface area contributed by atoms with Crippen LogP contribution in [0, 0.1) is 25.7 Å². The molecule has 4 aromatic heterocycles. The quantitative estimate of drug-likeness (QED) is 0.0694. The molecule has 396 valence electrons. The lowest BCUT2D eigenvalue weighted by Crippen LogP contribution is -2.29. The Morgan fingerprint density at radius 2 is 1.06 bits per heavy atom. The molecule has 0 unspecified atom stereocenters. The molecule has 0 aliphatic carbocycles. The molecule has 3 N–H and O–H groups in total. The zero-order valence-electron chi connectivity index (χ0n) is 45.2. The predicted molar refractivity (Wildman–Crippen MR) is 315 cm³/mol. The average Bonchev–Trinajstić information content (AvgIpc) is 3.47. The summed E-state index contributed by atoms with van der Waals surface area (Å²) < 4.78 is 22.8. The van der Waals surface area contributed by atoms with E-state index in [1.165, 1.54) is 0 Å². The zero-order valence-corrected chi connectivity index (χ0v) is 45.2. The first-order valence-electron chi connectivity index (χ1n) is 25.8. The third-order valence-electron chi connectivity index (χ3n) is 12.8. The van der Waals surface area contributed by atoms with Gasteiger partial charge in [0.2, 0.25) is 23.7 Å². The number of hydrogen-bond donors (Lipinski definition) is 3. The molecule has 4 heterocycles. The summed E-state index contributed by atoms with van der Waals surface area (Å²) in [6.07, 6.45) is 7.16. The van der Waals surface area contributed by atoms with Crippen molar-refractivity contribution in [2.45, 2.75) is 47.8 Å². The van der Waals surface area contributed by atoms with Gasteiger partial charge in [0.05, 0.1) is 25.3 Å². The topological polar surface area (TPSA) is 171 Å². The lowest BCUT2D eigenvalue weighted by Gasteiger charge is -2.19. The molecule has 0 radical (unpaired) electrons. The van der Waals surface area contributed by atoms with Crippen molar-refractivity contribution in [3.8, 4) is 57.4 Å². The van der Waals surface area contributed by atoms with Crippen molar-refractivity contribution in [3.05, 3.63) is 193 Å². The summed E-state index contributed by atoms with van der Waals surface area (Å²) in [7, 11) is 3.30. The number of ether oxygens (including phenoxy) is 4. The minimum absolute atomic E-state index is 0.243. The van der Waals surface area contributed by atoms with E-state index < -0.39 is 0 Å². The number of rotatable bonds is 18. The number of nitrogens with zero attached hydrogens (tertiary/aromatic N) is 7. The van der Waals surface area contributed by atoms with Gasteiger partial charge in [0.1, 0.15) is 24.7 Å². The second kappa shape index (κ2) is 25.6. The summed E-state index contributed by atoms with van der Waals surface area (Å²) in [6.45, 7) is 11.9. The smallest absolute Gasteiger partial charge is 0.302 e. The van der Waals surface area contributed by atoms with E-state index in [4.69, 9.17) is 28.9 Å². The van der Waals surface area contributed by atoms with Crippen LogP contribution in [0.2, 0.25) is 0 Å². The van der Waals surface area contributed by atoms with Crippen molar-refractivity contribution >= 4 is 62.4 Å². The van der Waals surface area contributed by atoms with Crippen molar-refractivity contribution in [2.24, 2.45) is 0 Å². The fourth-order valence-electron chi connectivity index (χ4n) is 8.77. The van der Waals surface area contributed by atoms with E-state index in [2.05, 4.69) is 73.7 Å². The van der Waals surface area contributed by atoms with Gasteiger partial charge >= 0.3 is 5.91 Å². The normalized spacial score (nSPS) is 10.6. The molecule has 0 saturated carbocycles. The largest absolute Gasteiger partial charge is 0.497 e. The van der Waals surface area contributed by atoms with Gasteiger partial charge in [-0.05, 0) is 171 Å². The van der Waals surface area contributed by atoms with Crippen molar-refractivity contribution in [2.75, 3.05) is 48.2 Å². The van der Waals surface area contributed by atoms with Gasteiger partial charge in [0, 0.05) is 82.5 Å². The summed E-state index contributed by atoms with van der Waals surface area (Å²) in [6, 6.07) is 47.4. The monoisotopic (exact) mass is 1050 g/mol. The standard InChI is InChI=1S/C34H31N5O3.C30H29N5O2/c1-5-8-31(40)39(6-2)28-10-7-9-27(20-28)37-34-36-21-26-19-25(13-16-30(26)38-34)32-23(3)17-18-35-33(32)42-22-24-11-14-29(41-4)15-12-24;1-4-31-24-6-5-7-25(17-24)34-30-33-18-23-16-22(10-13-27(23)35-30)28-20(2)14-15-32-29(28)37-19-21-8-11-26(36-3)12-9-21/h7,9-21H,6,22H2,1-4H3,(H,36,37,38);5-18,31H,4,19H2,1-3H3,(H,33,34,35). The minimum Gasteiger partial charge on any atom is -0.497 e. The lowest BCUT2D eigenvalue weighted by molar-refractivity contribution is -0.113. The van der Waals surface area contributed by atoms with Crippen molar-refractivity contribution in [1.29, 1.82) is 0 Å². The first kappa shape index (κ1) is 53.7. The number of benzene rings is 6. The maximum atomic E-state index is 12.4. The number of carbonyl (C=O) groups excluding carboxylic acids is 1. The summed E-state index contributed by atoms with van der Waals surface area (Å²) in [5.41, 5.74) is 13.2. The van der Waals surface area contributed by atoms with Crippen molar-refractivity contribution in [1.82, 2.24) is 29.9 Å². The molecule has 0 bridgehead atoms. The highest BCUT2D eigenvalue weighted by Crippen LogP contribution is 2.36. The summed E-state index contributed by atoms with van der Waals surface area (Å²) in [5.74, 6) is 8.81. The van der Waals surface area contributed by atoms with Crippen LogP contribution in [0.15, 0.2) is 170 Å². The van der Waals surface area contributed by atoms with Crippen LogP contribution in [0.5, 0.6) is 23.3 Å². The molecular weight excluding hydrogens is 989 g/mol. The van der Waals surface area contributed by atoms with E-state index in [9.17, 15) is 4.79 Å². The van der Waals surface area contributed by atoms with E-state index >= 15 is 0 Å². The highest BCUT2D eigenvalue weighted by molar-refractivity contribution is 6.06. The van der Waals surface area contributed by atoms with Gasteiger partial charge < -0.3 is 39.8 Å². The average molecular weight is 1050 g/mol. The Morgan fingerprint density at radius 1 is 0.570 bits per heavy atom. The van der Waals surface area contributed by atoms with E-state index in [-0.39, 0.29) is 5.91 Å². The Hall–Kier alpha value is -10.1. The van der Waals surface area contributed by atoms with Crippen LogP contribution in [0.4, 0.5) is 34.6 Å². The zero-order chi connectivity index (χ0) is 55.1. The number of aromatic nitrogens is 6. The molecule has 0 aliphatic rings. The van der Waals surface area contributed by atoms with Gasteiger partial charge in [-0.15, -0.1) is 0 Å². The molecule has 15 nitrogen and oxygen atoms in total. The Bertz CT molecular complexity index is 3810. The van der Waals surface area contributed by atoms with E-state index in [0.29, 0.717) is 43.4 Å². The van der Waals surface area contributed by atoms with Gasteiger partial charge in [0.25, 0.3) is 0 Å². The van der Waals surface area contributed by atoms with Crippen LogP contribution in [0.3, 0.4) is 0 Å². The number of anilines is 6. The molecule has 0 fully saturated rings. The molecule has 10 aromatic rings. The fraction of sp³-hybridized carbons (Fsp3) is 0.172. The number of amides is 1. The highest BCUT2D eigenvalue weighted by atomic mass is 16.5. The van der Waals surface area contributed by atoms with Crippen LogP contribution < -0.4 is 39.8 Å². The highest BCUT2D eigenvalue weighted by Gasteiger charge is 2.17. The summed E-state index contributed by atoms with van der Waals surface area (Å²) in [4.78, 5) is 41.6. The molecule has 1 amide bonds. The number of hydrogen-bond acceptors (Lipinski definition) is 14. The first-order valence-corrected chi connectivity index (χ1v) is 25.8.